The summed E-state index contributed by atoms with van der Waals surface area (Å²) in [5, 5.41) is 0. The average molecular weight is 427 g/mol. The normalized spacial score (nSPS) is 17.6. The largest absolute Gasteiger partial charge is 0.408 e. The smallest absolute Gasteiger partial charge is 0.336 e. The van der Waals surface area contributed by atoms with Gasteiger partial charge in [-0.1, -0.05) is 30.3 Å². The van der Waals surface area contributed by atoms with E-state index in [1.54, 1.807) is 18.2 Å². The van der Waals surface area contributed by atoms with E-state index in [0.29, 0.717) is 11.3 Å². The summed E-state index contributed by atoms with van der Waals surface area (Å²) >= 11 is -2.21. The van der Waals surface area contributed by atoms with Crippen molar-refractivity contribution in [1.82, 2.24) is 9.80 Å². The fraction of sp³-hybridized carbons (Fsp3) is 0.316. The number of benzene rings is 2. The van der Waals surface area contributed by atoms with Crippen molar-refractivity contribution in [3.63, 3.8) is 0 Å². The number of halogens is 3. The Hall–Kier alpha value is -2.43. The van der Waals surface area contributed by atoms with Gasteiger partial charge < -0.3 is 4.90 Å². The van der Waals surface area contributed by atoms with E-state index in [1.807, 2.05) is 0 Å². The predicted molar refractivity (Wildman–Crippen MR) is 104 cm³/mol. The Morgan fingerprint density at radius 2 is 1.59 bits per heavy atom. The second-order valence-electron chi connectivity index (χ2n) is 6.61. The lowest BCUT2D eigenvalue weighted by atomic mass is 10.0. The van der Waals surface area contributed by atoms with Crippen LogP contribution < -0.4 is 4.72 Å². The summed E-state index contributed by atoms with van der Waals surface area (Å²) in [5.74, 6) is -0.287. The van der Waals surface area contributed by atoms with Crippen LogP contribution in [0.1, 0.15) is 22.0 Å². The molecule has 2 aromatic carbocycles. The zero-order valence-electron chi connectivity index (χ0n) is 15.3. The van der Waals surface area contributed by atoms with E-state index in [9.17, 15) is 22.2 Å². The lowest BCUT2D eigenvalue weighted by molar-refractivity contribution is -0.189. The zero-order valence-corrected chi connectivity index (χ0v) is 16.1. The maximum Gasteiger partial charge on any atom is 0.408 e. The van der Waals surface area contributed by atoms with Crippen molar-refractivity contribution in [2.24, 2.45) is 0 Å². The van der Waals surface area contributed by atoms with E-state index in [1.165, 1.54) is 46.2 Å². The molecule has 2 aromatic rings. The molecule has 1 aliphatic rings. The minimum absolute atomic E-state index is 0.105. The van der Waals surface area contributed by atoms with Crippen LogP contribution in [0.5, 0.6) is 0 Å². The minimum Gasteiger partial charge on any atom is -0.336 e. The Labute approximate surface area is 168 Å². The van der Waals surface area contributed by atoms with Gasteiger partial charge in [0.05, 0.1) is 0 Å². The number of rotatable bonds is 5. The van der Waals surface area contributed by atoms with Gasteiger partial charge in [-0.3, -0.25) is 19.0 Å². The van der Waals surface area contributed by atoms with Crippen LogP contribution in [0.25, 0.3) is 0 Å². The number of carbonyl (C=O) groups excluding carboxylic acids is 1. The van der Waals surface area contributed by atoms with Crippen molar-refractivity contribution < 1.29 is 26.7 Å². The lowest BCUT2D eigenvalue weighted by Gasteiger charge is -2.40. The first kappa shape index (κ1) is 21.3. The Kier molecular flexibility index (Phi) is 6.56. The molecule has 156 valence electrons. The molecule has 1 amide bonds. The van der Waals surface area contributed by atoms with Crippen LogP contribution in [-0.2, 0) is 11.3 Å². The minimum atomic E-state index is -4.41. The van der Waals surface area contributed by atoms with Crippen LogP contribution >= 0.6 is 0 Å². The van der Waals surface area contributed by atoms with E-state index in [4.69, 9.17) is 4.55 Å². The van der Waals surface area contributed by atoms with Crippen LogP contribution in [0.2, 0.25) is 0 Å². The molecule has 0 aliphatic carbocycles. The van der Waals surface area contributed by atoms with Crippen LogP contribution in [0, 0.1) is 0 Å². The molecule has 29 heavy (non-hydrogen) atoms. The van der Waals surface area contributed by atoms with Gasteiger partial charge in [-0.2, -0.15) is 13.2 Å². The lowest BCUT2D eigenvalue weighted by Crippen LogP contribution is -2.52. The SMILES string of the molecule is O=C(c1ccc(NS(=O)O)cc1)N1CCN(C(c2ccccc2)C(F)(F)F)CC1. The van der Waals surface area contributed by atoms with Crippen molar-refractivity contribution in [2.45, 2.75) is 12.2 Å². The van der Waals surface area contributed by atoms with Crippen LogP contribution in [0.3, 0.4) is 0 Å². The van der Waals surface area contributed by atoms with E-state index >= 15 is 0 Å². The number of nitrogens with zero attached hydrogens (tertiary/aromatic N) is 2. The van der Waals surface area contributed by atoms with Crippen molar-refractivity contribution in [3.8, 4) is 0 Å². The topological polar surface area (TPSA) is 72.9 Å². The summed E-state index contributed by atoms with van der Waals surface area (Å²) in [6.07, 6.45) is -4.41. The summed E-state index contributed by atoms with van der Waals surface area (Å²) in [7, 11) is 0. The Bertz CT molecular complexity index is 854. The highest BCUT2D eigenvalue weighted by Crippen LogP contribution is 2.38. The average Bonchev–Trinajstić information content (AvgIpc) is 2.68. The second kappa shape index (κ2) is 8.93. The number of piperazine rings is 1. The summed E-state index contributed by atoms with van der Waals surface area (Å²) in [6, 6.07) is 12.1. The molecule has 0 bridgehead atoms. The first-order valence-electron chi connectivity index (χ1n) is 8.88. The molecule has 2 atom stereocenters. The first-order valence-corrected chi connectivity index (χ1v) is 9.99. The monoisotopic (exact) mass is 427 g/mol. The molecule has 0 saturated carbocycles. The second-order valence-corrected chi connectivity index (χ2v) is 7.31. The van der Waals surface area contributed by atoms with Gasteiger partial charge in [0.25, 0.3) is 17.2 Å². The van der Waals surface area contributed by atoms with E-state index in [0.717, 1.165) is 0 Å². The van der Waals surface area contributed by atoms with Gasteiger partial charge in [-0.15, -0.1) is 0 Å². The summed E-state index contributed by atoms with van der Waals surface area (Å²) in [6.45, 7) is 0.569. The van der Waals surface area contributed by atoms with Gasteiger partial charge >= 0.3 is 6.18 Å². The van der Waals surface area contributed by atoms with Gasteiger partial charge in [0, 0.05) is 37.4 Å². The predicted octanol–water partition coefficient (Wildman–Crippen LogP) is 3.30. The Balaban J connectivity index is 1.66. The molecule has 1 saturated heterocycles. The summed E-state index contributed by atoms with van der Waals surface area (Å²) < 4.78 is 62.8. The van der Waals surface area contributed by atoms with Crippen LogP contribution in [0.4, 0.5) is 18.9 Å². The number of alkyl halides is 3. The van der Waals surface area contributed by atoms with Gasteiger partial charge in [0.1, 0.15) is 6.04 Å². The van der Waals surface area contributed by atoms with Gasteiger partial charge in [-0.25, -0.2) is 4.21 Å². The number of amides is 1. The highest BCUT2D eigenvalue weighted by molar-refractivity contribution is 7.80. The molecule has 0 radical (unpaired) electrons. The first-order chi connectivity index (χ1) is 13.8. The Morgan fingerprint density at radius 1 is 1.00 bits per heavy atom. The molecule has 1 heterocycles. The number of hydrogen-bond donors (Lipinski definition) is 2. The number of nitrogens with one attached hydrogen (secondary N) is 1. The molecule has 10 heteroatoms. The van der Waals surface area contributed by atoms with E-state index in [2.05, 4.69) is 4.72 Å². The highest BCUT2D eigenvalue weighted by atomic mass is 32.2. The molecule has 1 aliphatic heterocycles. The third kappa shape index (κ3) is 5.34. The molecular weight excluding hydrogens is 407 g/mol. The van der Waals surface area contributed by atoms with Crippen LogP contribution in [0.15, 0.2) is 54.6 Å². The maximum absolute atomic E-state index is 13.7. The molecule has 3 rings (SSSR count). The molecule has 1 fully saturated rings. The summed E-state index contributed by atoms with van der Waals surface area (Å²) in [5.41, 5.74) is 0.926. The van der Waals surface area contributed by atoms with Gasteiger partial charge in [-0.05, 0) is 29.8 Å². The third-order valence-corrected chi connectivity index (χ3v) is 5.14. The molecule has 2 N–H and O–H groups in total. The molecule has 0 aromatic heterocycles. The van der Waals surface area contributed by atoms with Crippen molar-refractivity contribution in [2.75, 3.05) is 30.9 Å². The van der Waals surface area contributed by atoms with Crippen molar-refractivity contribution >= 4 is 22.9 Å². The van der Waals surface area contributed by atoms with Crippen LogP contribution in [-0.4, -0.2) is 56.8 Å². The molecular formula is C19H20F3N3O3S. The molecule has 2 unspecified atom stereocenters. The van der Waals surface area contributed by atoms with Crippen molar-refractivity contribution in [1.29, 1.82) is 0 Å². The molecule has 0 spiro atoms. The maximum atomic E-state index is 13.7. The fourth-order valence-corrected chi connectivity index (χ4v) is 3.73. The number of carbonyl (C=O) groups is 1. The Morgan fingerprint density at radius 3 is 2.10 bits per heavy atom. The fourth-order valence-electron chi connectivity index (χ4n) is 3.39. The molecule has 6 nitrogen and oxygen atoms in total. The quantitative estimate of drug-likeness (QED) is 0.719. The summed E-state index contributed by atoms with van der Waals surface area (Å²) in [4.78, 5) is 15.5. The van der Waals surface area contributed by atoms with E-state index < -0.39 is 23.5 Å². The highest BCUT2D eigenvalue weighted by Gasteiger charge is 2.45. The number of anilines is 1. The van der Waals surface area contributed by atoms with E-state index in [-0.39, 0.29) is 37.6 Å². The van der Waals surface area contributed by atoms with Crippen molar-refractivity contribution in [3.05, 3.63) is 65.7 Å². The third-order valence-electron chi connectivity index (χ3n) is 4.73. The number of hydrogen-bond acceptors (Lipinski definition) is 3. The van der Waals surface area contributed by atoms with Gasteiger partial charge in [0.15, 0.2) is 0 Å². The van der Waals surface area contributed by atoms with Gasteiger partial charge in [0.2, 0.25) is 0 Å². The standard InChI is InChI=1S/C19H20F3N3O3S/c20-19(21,22)17(14-4-2-1-3-5-14)24-10-12-25(13-11-24)18(26)15-6-8-16(9-7-15)23-29(27)28/h1-9,17,23H,10-13H2,(H,27,28). The zero-order chi connectivity index (χ0) is 21.0.